The van der Waals surface area contributed by atoms with E-state index in [1.54, 1.807) is 6.92 Å². The van der Waals surface area contributed by atoms with Crippen molar-refractivity contribution in [1.82, 2.24) is 9.80 Å². The topological polar surface area (TPSA) is 57.7 Å². The molecule has 1 heterocycles. The lowest BCUT2D eigenvalue weighted by Crippen LogP contribution is -2.56. The molecule has 0 aromatic carbocycles. The number of likely N-dealkylation sites (N-methyl/N-ethyl adjacent to an activating group) is 1. The highest BCUT2D eigenvalue weighted by atomic mass is 16.2. The van der Waals surface area contributed by atoms with Crippen LogP contribution in [0.2, 0.25) is 0 Å². The van der Waals surface area contributed by atoms with Gasteiger partial charge in [-0.3, -0.25) is 19.4 Å². The Labute approximate surface area is 170 Å². The van der Waals surface area contributed by atoms with Crippen LogP contribution in [0.5, 0.6) is 0 Å². The van der Waals surface area contributed by atoms with Gasteiger partial charge in [0, 0.05) is 13.1 Å². The summed E-state index contributed by atoms with van der Waals surface area (Å²) in [5, 5.41) is 0. The third-order valence-corrected chi connectivity index (χ3v) is 5.99. The number of barbiturate groups is 1. The van der Waals surface area contributed by atoms with Crippen LogP contribution in [0.15, 0.2) is 11.1 Å². The first-order chi connectivity index (χ1) is 13.6. The Balaban J connectivity index is 1.80. The fourth-order valence-electron chi connectivity index (χ4n) is 4.27. The predicted octanol–water partition coefficient (Wildman–Crippen LogP) is 5.59. The Morgan fingerprint density at radius 3 is 1.71 bits per heavy atom. The lowest BCUT2D eigenvalue weighted by atomic mass is 10.0. The van der Waals surface area contributed by atoms with Crippen molar-refractivity contribution in [2.24, 2.45) is 0 Å². The van der Waals surface area contributed by atoms with Crippen molar-refractivity contribution in [1.29, 1.82) is 0 Å². The Bertz CT molecular complexity index is 574. The molecule has 0 atom stereocenters. The summed E-state index contributed by atoms with van der Waals surface area (Å²) < 4.78 is 0. The number of imide groups is 2. The number of unbranched alkanes of at least 4 members (excludes halogenated alkanes) is 9. The molecule has 1 saturated carbocycles. The summed E-state index contributed by atoms with van der Waals surface area (Å²) in [6.45, 7) is 4.77. The fraction of sp³-hybridized carbons (Fsp3) is 0.783. The largest absolute Gasteiger partial charge is 0.333 e. The molecule has 0 aromatic heterocycles. The van der Waals surface area contributed by atoms with Crippen LogP contribution in [-0.2, 0) is 9.59 Å². The molecule has 5 heteroatoms. The summed E-state index contributed by atoms with van der Waals surface area (Å²) >= 11 is 0. The lowest BCUT2D eigenvalue weighted by molar-refractivity contribution is -0.135. The van der Waals surface area contributed by atoms with Crippen molar-refractivity contribution in [3.05, 3.63) is 11.1 Å². The van der Waals surface area contributed by atoms with Gasteiger partial charge in [0.1, 0.15) is 5.57 Å². The molecule has 28 heavy (non-hydrogen) atoms. The van der Waals surface area contributed by atoms with Crippen LogP contribution in [0.4, 0.5) is 4.79 Å². The van der Waals surface area contributed by atoms with E-state index in [2.05, 4.69) is 6.92 Å². The van der Waals surface area contributed by atoms with E-state index < -0.39 is 6.03 Å². The maximum Gasteiger partial charge on any atom is 0.333 e. The predicted molar refractivity (Wildman–Crippen MR) is 112 cm³/mol. The van der Waals surface area contributed by atoms with Crippen LogP contribution in [0, 0.1) is 0 Å². The van der Waals surface area contributed by atoms with Crippen LogP contribution < -0.4 is 0 Å². The van der Waals surface area contributed by atoms with Crippen molar-refractivity contribution in [3.8, 4) is 0 Å². The maximum atomic E-state index is 12.9. The van der Waals surface area contributed by atoms with E-state index in [9.17, 15) is 14.4 Å². The summed E-state index contributed by atoms with van der Waals surface area (Å²) in [6.07, 6.45) is 15.8. The van der Waals surface area contributed by atoms with Gasteiger partial charge in [-0.1, -0.05) is 70.3 Å². The smallest absolute Gasteiger partial charge is 0.268 e. The van der Waals surface area contributed by atoms with Crippen molar-refractivity contribution < 1.29 is 14.4 Å². The highest BCUT2D eigenvalue weighted by molar-refractivity contribution is 6.29. The standard InChI is InChI=1S/C23H38N2O3/c1-3-5-6-7-8-9-10-11-12-15-18-25-22(27)20(19-16-13-14-17-19)21(26)24(4-2)23(25)28/h3-18H2,1-2H3. The summed E-state index contributed by atoms with van der Waals surface area (Å²) in [6, 6.07) is -0.434. The zero-order valence-electron chi connectivity index (χ0n) is 17.9. The Kier molecular flexibility index (Phi) is 9.72. The first kappa shape index (κ1) is 22.6. The lowest BCUT2D eigenvalue weighted by Gasteiger charge is -2.34. The molecule has 0 radical (unpaired) electrons. The van der Waals surface area contributed by atoms with Gasteiger partial charge < -0.3 is 0 Å². The van der Waals surface area contributed by atoms with Gasteiger partial charge in [-0.05, 0) is 39.0 Å². The van der Waals surface area contributed by atoms with Gasteiger partial charge in [-0.15, -0.1) is 0 Å². The van der Waals surface area contributed by atoms with Crippen molar-refractivity contribution >= 4 is 17.8 Å². The zero-order chi connectivity index (χ0) is 20.4. The van der Waals surface area contributed by atoms with Crippen molar-refractivity contribution in [2.45, 2.75) is 104 Å². The zero-order valence-corrected chi connectivity index (χ0v) is 17.9. The monoisotopic (exact) mass is 390 g/mol. The molecule has 2 rings (SSSR count). The molecule has 5 nitrogen and oxygen atoms in total. The summed E-state index contributed by atoms with van der Waals surface area (Å²) in [7, 11) is 0. The number of nitrogens with zero attached hydrogens (tertiary/aromatic N) is 2. The second-order valence-electron chi connectivity index (χ2n) is 8.16. The van der Waals surface area contributed by atoms with E-state index in [4.69, 9.17) is 0 Å². The molecule has 2 fully saturated rings. The SMILES string of the molecule is CCCCCCCCCCCCN1C(=O)C(=C2CCCC2)C(=O)N(CC)C1=O. The molecule has 158 valence electrons. The van der Waals surface area contributed by atoms with Crippen molar-refractivity contribution in [2.75, 3.05) is 13.1 Å². The number of allylic oxidation sites excluding steroid dienone is 1. The third-order valence-electron chi connectivity index (χ3n) is 5.99. The number of urea groups is 1. The van der Waals surface area contributed by atoms with E-state index in [1.807, 2.05) is 0 Å². The Morgan fingerprint density at radius 1 is 0.679 bits per heavy atom. The molecule has 1 aliphatic carbocycles. The van der Waals surface area contributed by atoms with Gasteiger partial charge in [0.2, 0.25) is 0 Å². The average molecular weight is 391 g/mol. The molecule has 2 aliphatic rings. The second-order valence-corrected chi connectivity index (χ2v) is 8.16. The normalized spacial score (nSPS) is 18.0. The minimum atomic E-state index is -0.434. The van der Waals surface area contributed by atoms with Crippen molar-refractivity contribution in [3.63, 3.8) is 0 Å². The first-order valence-corrected chi connectivity index (χ1v) is 11.5. The number of hydrogen-bond donors (Lipinski definition) is 0. The van der Waals surface area contributed by atoms with E-state index in [0.717, 1.165) is 50.5 Å². The molecule has 4 amide bonds. The van der Waals surface area contributed by atoms with Gasteiger partial charge in [-0.25, -0.2) is 4.79 Å². The minimum Gasteiger partial charge on any atom is -0.268 e. The number of carbonyl (C=O) groups is 3. The maximum absolute atomic E-state index is 12.9. The Morgan fingerprint density at radius 2 is 1.18 bits per heavy atom. The van der Waals surface area contributed by atoms with E-state index in [1.165, 1.54) is 54.7 Å². The first-order valence-electron chi connectivity index (χ1n) is 11.5. The van der Waals surface area contributed by atoms with E-state index >= 15 is 0 Å². The summed E-state index contributed by atoms with van der Waals surface area (Å²) in [4.78, 5) is 40.7. The Hall–Kier alpha value is -1.65. The highest BCUT2D eigenvalue weighted by Gasteiger charge is 2.42. The number of rotatable bonds is 12. The quantitative estimate of drug-likeness (QED) is 0.248. The van der Waals surface area contributed by atoms with Gasteiger partial charge in [0.15, 0.2) is 0 Å². The number of carbonyl (C=O) groups excluding carboxylic acids is 3. The van der Waals surface area contributed by atoms with Crippen LogP contribution in [0.1, 0.15) is 104 Å². The minimum absolute atomic E-state index is 0.283. The molecule has 0 N–H and O–H groups in total. The van der Waals surface area contributed by atoms with Gasteiger partial charge in [-0.2, -0.15) is 0 Å². The van der Waals surface area contributed by atoms with Crippen LogP contribution in [0.25, 0.3) is 0 Å². The van der Waals surface area contributed by atoms with E-state index in [0.29, 0.717) is 13.1 Å². The van der Waals surface area contributed by atoms with Gasteiger partial charge >= 0.3 is 6.03 Å². The second kappa shape index (κ2) is 12.0. The number of amides is 4. The molecule has 0 aromatic rings. The average Bonchev–Trinajstić information content (AvgIpc) is 3.20. The molecule has 0 unspecified atom stereocenters. The molecular weight excluding hydrogens is 352 g/mol. The summed E-state index contributed by atoms with van der Waals surface area (Å²) in [5.74, 6) is -0.735. The molecule has 0 bridgehead atoms. The number of hydrogen-bond acceptors (Lipinski definition) is 3. The third kappa shape index (κ3) is 5.92. The van der Waals surface area contributed by atoms with Crippen LogP contribution >= 0.6 is 0 Å². The van der Waals surface area contributed by atoms with Gasteiger partial charge in [0.05, 0.1) is 0 Å². The van der Waals surface area contributed by atoms with E-state index in [-0.39, 0.29) is 17.4 Å². The summed E-state index contributed by atoms with van der Waals surface area (Å²) in [5.41, 5.74) is 1.24. The molecule has 0 spiro atoms. The molecule has 1 aliphatic heterocycles. The highest BCUT2D eigenvalue weighted by Crippen LogP contribution is 2.31. The molecule has 1 saturated heterocycles. The van der Waals surface area contributed by atoms with Gasteiger partial charge in [0.25, 0.3) is 11.8 Å². The van der Waals surface area contributed by atoms with Crippen LogP contribution in [-0.4, -0.2) is 40.7 Å². The molecular formula is C23H38N2O3. The fourth-order valence-corrected chi connectivity index (χ4v) is 4.27. The van der Waals surface area contributed by atoms with Crippen LogP contribution in [0.3, 0.4) is 0 Å².